The van der Waals surface area contributed by atoms with E-state index >= 15 is 0 Å². The molecule has 2 saturated heterocycles. The summed E-state index contributed by atoms with van der Waals surface area (Å²) in [6.07, 6.45) is 1.25. The quantitative estimate of drug-likeness (QED) is 0.528. The second kappa shape index (κ2) is 10.7. The van der Waals surface area contributed by atoms with E-state index in [-0.39, 0.29) is 24.5 Å². The average molecular weight is 434 g/mol. The average Bonchev–Trinajstić information content (AvgIpc) is 3.21. The summed E-state index contributed by atoms with van der Waals surface area (Å²) in [4.78, 5) is 37.7. The van der Waals surface area contributed by atoms with Gasteiger partial charge in [0.25, 0.3) is 12.4 Å². The maximum atomic E-state index is 13.1. The van der Waals surface area contributed by atoms with Crippen molar-refractivity contribution >= 4 is 18.3 Å². The number of rotatable bonds is 3. The maximum absolute atomic E-state index is 13.1. The summed E-state index contributed by atoms with van der Waals surface area (Å²) < 4.78 is 10.3. The number of nitrogens with zero attached hydrogens (tertiary/aromatic N) is 2. The van der Waals surface area contributed by atoms with Crippen LogP contribution in [0.25, 0.3) is 0 Å². The number of ether oxygens (including phenoxy) is 2. The van der Waals surface area contributed by atoms with Crippen LogP contribution in [0.3, 0.4) is 0 Å². The van der Waals surface area contributed by atoms with Gasteiger partial charge in [-0.25, -0.2) is 4.79 Å². The molecule has 9 heteroatoms. The molecule has 4 rings (SSSR count). The highest BCUT2D eigenvalue weighted by Gasteiger charge is 2.45. The molecule has 1 amide bonds. The molecular formula is C22H30N2O7. The number of likely N-dealkylation sites (tertiary alicyclic amines) is 1. The van der Waals surface area contributed by atoms with Crippen LogP contribution in [0.4, 0.5) is 0 Å². The van der Waals surface area contributed by atoms with Crippen LogP contribution in [-0.2, 0) is 14.3 Å². The molecule has 0 unspecified atom stereocenters. The smallest absolute Gasteiger partial charge is 0.338 e. The monoisotopic (exact) mass is 434 g/mol. The standard InChI is InChI=1S/C21H28N2O5.CH2O2/c1-27-21(26)17-5-3-2-4-16(17)20(25)23-12-14-10-18(19(24)11-15(14)13-23)22-6-8-28-9-7-22;2-1-3/h2-5,14-15,18-19,24H,6-13H2,1H3;1H,(H,2,3)/t14-,15+,18-,19-;/m1./s1. The van der Waals surface area contributed by atoms with Gasteiger partial charge in [0.15, 0.2) is 0 Å². The summed E-state index contributed by atoms with van der Waals surface area (Å²) in [5.74, 6) is 0.0585. The number of hydrogen-bond donors (Lipinski definition) is 2. The maximum Gasteiger partial charge on any atom is 0.338 e. The minimum Gasteiger partial charge on any atom is -0.483 e. The molecule has 1 aromatic rings. The Hall–Kier alpha value is -2.49. The molecule has 4 atom stereocenters. The van der Waals surface area contributed by atoms with Crippen molar-refractivity contribution in [2.45, 2.75) is 25.0 Å². The van der Waals surface area contributed by atoms with Crippen LogP contribution < -0.4 is 0 Å². The highest BCUT2D eigenvalue weighted by Crippen LogP contribution is 2.39. The van der Waals surface area contributed by atoms with Gasteiger partial charge in [-0.15, -0.1) is 0 Å². The first kappa shape index (κ1) is 23.2. The van der Waals surface area contributed by atoms with Crippen molar-refractivity contribution in [3.8, 4) is 0 Å². The van der Waals surface area contributed by atoms with Gasteiger partial charge in [0, 0.05) is 32.2 Å². The third kappa shape index (κ3) is 5.23. The molecule has 31 heavy (non-hydrogen) atoms. The third-order valence-electron chi connectivity index (χ3n) is 6.47. The number of fused-ring (bicyclic) bond motifs is 1. The van der Waals surface area contributed by atoms with Crippen molar-refractivity contribution < 1.29 is 34.1 Å². The number of aliphatic hydroxyl groups excluding tert-OH is 1. The second-order valence-corrected chi connectivity index (χ2v) is 8.13. The van der Waals surface area contributed by atoms with E-state index in [9.17, 15) is 14.7 Å². The first-order chi connectivity index (χ1) is 15.0. The SMILES string of the molecule is COC(=O)c1ccccc1C(=O)N1C[C@H]2C[C@@H](N3CCOCC3)[C@H](O)C[C@H]2C1.O=CO. The van der Waals surface area contributed by atoms with E-state index in [2.05, 4.69) is 4.90 Å². The zero-order chi connectivity index (χ0) is 22.4. The minimum atomic E-state index is -0.497. The van der Waals surface area contributed by atoms with Gasteiger partial charge < -0.3 is 24.6 Å². The fourth-order valence-electron chi connectivity index (χ4n) is 5.00. The van der Waals surface area contributed by atoms with Gasteiger partial charge >= 0.3 is 5.97 Å². The highest BCUT2D eigenvalue weighted by atomic mass is 16.5. The van der Waals surface area contributed by atoms with Crippen LogP contribution in [-0.4, -0.2) is 97.0 Å². The Morgan fingerprint density at radius 2 is 1.68 bits per heavy atom. The van der Waals surface area contributed by atoms with Gasteiger partial charge in [0.1, 0.15) is 0 Å². The first-order valence-corrected chi connectivity index (χ1v) is 10.5. The van der Waals surface area contributed by atoms with Gasteiger partial charge in [0.2, 0.25) is 0 Å². The largest absolute Gasteiger partial charge is 0.483 e. The number of benzene rings is 1. The van der Waals surface area contributed by atoms with Crippen LogP contribution in [0.5, 0.6) is 0 Å². The zero-order valence-electron chi connectivity index (χ0n) is 17.7. The van der Waals surface area contributed by atoms with Gasteiger partial charge in [-0.3, -0.25) is 14.5 Å². The summed E-state index contributed by atoms with van der Waals surface area (Å²) in [5.41, 5.74) is 0.689. The summed E-state index contributed by atoms with van der Waals surface area (Å²) in [7, 11) is 1.32. The molecular weight excluding hydrogens is 404 g/mol. The van der Waals surface area contributed by atoms with Crippen molar-refractivity contribution in [3.63, 3.8) is 0 Å². The lowest BCUT2D eigenvalue weighted by Gasteiger charge is -2.43. The summed E-state index contributed by atoms with van der Waals surface area (Å²) in [5, 5.41) is 17.6. The predicted octanol–water partition coefficient (Wildman–Crippen LogP) is 0.718. The topological polar surface area (TPSA) is 117 Å². The Morgan fingerprint density at radius 3 is 2.29 bits per heavy atom. The lowest BCUT2D eigenvalue weighted by molar-refractivity contribution is -0.122. The normalized spacial score (nSPS) is 28.1. The van der Waals surface area contributed by atoms with Gasteiger partial charge in [-0.2, -0.15) is 0 Å². The Labute approximate surface area is 181 Å². The molecule has 3 aliphatic rings. The Kier molecular flexibility index (Phi) is 8.00. The molecule has 2 aliphatic heterocycles. The van der Waals surface area contributed by atoms with Gasteiger partial charge in [0.05, 0.1) is 37.6 Å². The van der Waals surface area contributed by atoms with Crippen LogP contribution in [0.1, 0.15) is 33.6 Å². The lowest BCUT2D eigenvalue weighted by atomic mass is 9.77. The number of carbonyl (C=O) groups is 3. The molecule has 0 spiro atoms. The molecule has 0 radical (unpaired) electrons. The Bertz CT molecular complexity index is 781. The van der Waals surface area contributed by atoms with Gasteiger partial charge in [-0.1, -0.05) is 12.1 Å². The number of aliphatic hydroxyl groups is 1. The van der Waals surface area contributed by atoms with E-state index < -0.39 is 5.97 Å². The molecule has 3 fully saturated rings. The minimum absolute atomic E-state index is 0.132. The van der Waals surface area contributed by atoms with E-state index in [4.69, 9.17) is 19.4 Å². The number of esters is 1. The second-order valence-electron chi connectivity index (χ2n) is 8.13. The van der Waals surface area contributed by atoms with Crippen molar-refractivity contribution in [2.75, 3.05) is 46.5 Å². The molecule has 170 valence electrons. The van der Waals surface area contributed by atoms with E-state index in [1.165, 1.54) is 7.11 Å². The molecule has 9 nitrogen and oxygen atoms in total. The van der Waals surface area contributed by atoms with E-state index in [1.54, 1.807) is 24.3 Å². The van der Waals surface area contributed by atoms with Gasteiger partial charge in [-0.05, 0) is 36.8 Å². The number of morpholine rings is 1. The number of hydrogen-bond acceptors (Lipinski definition) is 7. The molecule has 1 aliphatic carbocycles. The molecule has 0 aromatic heterocycles. The van der Waals surface area contributed by atoms with Crippen LogP contribution in [0.15, 0.2) is 24.3 Å². The molecule has 1 aromatic carbocycles. The fourth-order valence-corrected chi connectivity index (χ4v) is 5.00. The van der Waals surface area contributed by atoms with Crippen LogP contribution >= 0.6 is 0 Å². The summed E-state index contributed by atoms with van der Waals surface area (Å²) in [6.45, 7) is 4.19. The third-order valence-corrected chi connectivity index (χ3v) is 6.47. The molecule has 0 bridgehead atoms. The van der Waals surface area contributed by atoms with Crippen molar-refractivity contribution in [3.05, 3.63) is 35.4 Å². The number of methoxy groups -OCH3 is 1. The van der Waals surface area contributed by atoms with Crippen LogP contribution in [0, 0.1) is 11.8 Å². The van der Waals surface area contributed by atoms with Crippen molar-refractivity contribution in [1.29, 1.82) is 0 Å². The Balaban J connectivity index is 0.000000858. The zero-order valence-corrected chi connectivity index (χ0v) is 17.7. The number of amides is 1. The molecule has 2 N–H and O–H groups in total. The van der Waals surface area contributed by atoms with Crippen LogP contribution in [0.2, 0.25) is 0 Å². The van der Waals surface area contributed by atoms with Crippen molar-refractivity contribution in [1.82, 2.24) is 9.80 Å². The first-order valence-electron chi connectivity index (χ1n) is 10.5. The predicted molar refractivity (Wildman–Crippen MR) is 111 cm³/mol. The van der Waals surface area contributed by atoms with Crippen molar-refractivity contribution in [2.24, 2.45) is 11.8 Å². The molecule has 2 heterocycles. The molecule has 1 saturated carbocycles. The lowest BCUT2D eigenvalue weighted by Crippen LogP contribution is -2.53. The van der Waals surface area contributed by atoms with E-state index in [0.29, 0.717) is 49.3 Å². The number of carbonyl (C=O) groups excluding carboxylic acids is 2. The highest BCUT2D eigenvalue weighted by molar-refractivity contribution is 6.05. The fraction of sp³-hybridized carbons (Fsp3) is 0.591. The number of carboxylic acid groups (broad SMARTS) is 1. The Morgan fingerprint density at radius 1 is 1.10 bits per heavy atom. The van der Waals surface area contributed by atoms with E-state index in [0.717, 1.165) is 25.9 Å². The van der Waals surface area contributed by atoms with E-state index in [1.807, 2.05) is 4.90 Å². The summed E-state index contributed by atoms with van der Waals surface area (Å²) >= 11 is 0. The summed E-state index contributed by atoms with van der Waals surface area (Å²) in [6, 6.07) is 6.95.